The molecule has 3 heteroatoms. The summed E-state index contributed by atoms with van der Waals surface area (Å²) in [6, 6.07) is 6.46. The Morgan fingerprint density at radius 3 is 2.67 bits per heavy atom. The van der Waals surface area contributed by atoms with Crippen LogP contribution in [0.1, 0.15) is 37.4 Å². The Balaban J connectivity index is 1.86. The summed E-state index contributed by atoms with van der Waals surface area (Å²) in [5.41, 5.74) is 0.399. The van der Waals surface area contributed by atoms with Crippen LogP contribution in [0.5, 0.6) is 0 Å². The predicted molar refractivity (Wildman–Crippen MR) is 70.8 cm³/mol. The predicted octanol–water partition coefficient (Wildman–Crippen LogP) is 2.98. The van der Waals surface area contributed by atoms with E-state index in [4.69, 9.17) is 0 Å². The van der Waals surface area contributed by atoms with Gasteiger partial charge in [0.25, 0.3) is 0 Å². The molecule has 1 fully saturated rings. The lowest BCUT2D eigenvalue weighted by atomic mass is 10.1. The highest BCUT2D eigenvalue weighted by Gasteiger charge is 2.19. The molecule has 0 aliphatic heterocycles. The van der Waals surface area contributed by atoms with E-state index < -0.39 is 6.10 Å². The highest BCUT2D eigenvalue weighted by molar-refractivity contribution is 5.19. The van der Waals surface area contributed by atoms with Crippen molar-refractivity contribution in [2.24, 2.45) is 5.92 Å². The maximum Gasteiger partial charge on any atom is 0.129 e. The van der Waals surface area contributed by atoms with Gasteiger partial charge < -0.3 is 10.0 Å². The Labute approximate surface area is 108 Å². The van der Waals surface area contributed by atoms with Crippen LogP contribution >= 0.6 is 0 Å². The van der Waals surface area contributed by atoms with Crippen molar-refractivity contribution < 1.29 is 9.50 Å². The van der Waals surface area contributed by atoms with E-state index in [0.717, 1.165) is 12.5 Å². The first-order chi connectivity index (χ1) is 8.66. The van der Waals surface area contributed by atoms with Gasteiger partial charge in [-0.15, -0.1) is 0 Å². The van der Waals surface area contributed by atoms with Gasteiger partial charge in [0.05, 0.1) is 6.10 Å². The molecule has 0 heterocycles. The van der Waals surface area contributed by atoms with Crippen LogP contribution in [-0.4, -0.2) is 30.1 Å². The molecule has 0 aromatic heterocycles. The van der Waals surface area contributed by atoms with Gasteiger partial charge >= 0.3 is 0 Å². The highest BCUT2D eigenvalue weighted by atomic mass is 19.1. The summed E-state index contributed by atoms with van der Waals surface area (Å²) in [6.07, 6.45) is 4.50. The largest absolute Gasteiger partial charge is 0.387 e. The average molecular weight is 251 g/mol. The molecule has 0 radical (unpaired) electrons. The van der Waals surface area contributed by atoms with Gasteiger partial charge in [0, 0.05) is 18.7 Å². The Hall–Kier alpha value is -0.930. The number of nitrogens with zero attached hydrogens (tertiary/aromatic N) is 1. The second-order valence-corrected chi connectivity index (χ2v) is 5.41. The molecule has 1 atom stereocenters. The number of rotatable bonds is 5. The number of benzene rings is 1. The van der Waals surface area contributed by atoms with Crippen LogP contribution in [0.3, 0.4) is 0 Å². The molecule has 1 unspecified atom stereocenters. The van der Waals surface area contributed by atoms with Gasteiger partial charge in [-0.05, 0) is 31.9 Å². The van der Waals surface area contributed by atoms with Crippen molar-refractivity contribution >= 4 is 0 Å². The Kier molecular flexibility index (Phi) is 4.72. The summed E-state index contributed by atoms with van der Waals surface area (Å²) in [5, 5.41) is 10.1. The summed E-state index contributed by atoms with van der Waals surface area (Å²) in [6.45, 7) is 1.50. The summed E-state index contributed by atoms with van der Waals surface area (Å²) in [7, 11) is 2.00. The lowest BCUT2D eigenvalue weighted by Gasteiger charge is -2.23. The van der Waals surface area contributed by atoms with Crippen LogP contribution in [0, 0.1) is 11.7 Å². The van der Waals surface area contributed by atoms with Crippen molar-refractivity contribution in [2.75, 3.05) is 20.1 Å². The standard InChI is InChI=1S/C15H22FNO/c1-17(10-12-6-2-3-7-12)11-15(18)13-8-4-5-9-14(13)16/h4-5,8-9,12,15,18H,2-3,6-7,10-11H2,1H3. The molecule has 1 aliphatic carbocycles. The van der Waals surface area contributed by atoms with Crippen molar-refractivity contribution in [2.45, 2.75) is 31.8 Å². The van der Waals surface area contributed by atoms with Gasteiger partial charge in [0.1, 0.15) is 5.82 Å². The first-order valence-electron chi connectivity index (χ1n) is 6.78. The number of halogens is 1. The molecule has 1 saturated carbocycles. The summed E-state index contributed by atoms with van der Waals surface area (Å²) in [4.78, 5) is 2.12. The quantitative estimate of drug-likeness (QED) is 0.869. The molecule has 1 aromatic rings. The number of likely N-dealkylation sites (N-methyl/N-ethyl adjacent to an activating group) is 1. The zero-order valence-electron chi connectivity index (χ0n) is 11.0. The summed E-state index contributed by atoms with van der Waals surface area (Å²) in [5.74, 6) is 0.432. The second-order valence-electron chi connectivity index (χ2n) is 5.41. The van der Waals surface area contributed by atoms with Crippen molar-refractivity contribution in [1.82, 2.24) is 4.90 Å². The molecule has 100 valence electrons. The smallest absolute Gasteiger partial charge is 0.129 e. The highest BCUT2D eigenvalue weighted by Crippen LogP contribution is 2.26. The van der Waals surface area contributed by atoms with E-state index in [1.54, 1.807) is 18.2 Å². The monoisotopic (exact) mass is 251 g/mol. The molecular formula is C15H22FNO. The van der Waals surface area contributed by atoms with E-state index in [1.807, 2.05) is 7.05 Å². The first-order valence-corrected chi connectivity index (χ1v) is 6.78. The lowest BCUT2D eigenvalue weighted by molar-refractivity contribution is 0.115. The number of hydrogen-bond donors (Lipinski definition) is 1. The normalized spacial score (nSPS) is 18.4. The van der Waals surface area contributed by atoms with Crippen LogP contribution in [0.15, 0.2) is 24.3 Å². The molecule has 0 amide bonds. The third-order valence-electron chi connectivity index (χ3n) is 3.79. The van der Waals surface area contributed by atoms with Gasteiger partial charge in [-0.25, -0.2) is 4.39 Å². The van der Waals surface area contributed by atoms with E-state index in [0.29, 0.717) is 12.1 Å². The average Bonchev–Trinajstić information content (AvgIpc) is 2.82. The van der Waals surface area contributed by atoms with E-state index in [2.05, 4.69) is 4.90 Å². The summed E-state index contributed by atoms with van der Waals surface area (Å²) >= 11 is 0. The van der Waals surface area contributed by atoms with Gasteiger partial charge in [0.2, 0.25) is 0 Å². The van der Waals surface area contributed by atoms with Crippen LogP contribution in [0.4, 0.5) is 4.39 Å². The minimum atomic E-state index is -0.738. The molecule has 2 nitrogen and oxygen atoms in total. The number of hydrogen-bond acceptors (Lipinski definition) is 2. The molecule has 1 aliphatic rings. The fourth-order valence-corrected chi connectivity index (χ4v) is 2.85. The third-order valence-corrected chi connectivity index (χ3v) is 3.79. The molecule has 18 heavy (non-hydrogen) atoms. The molecule has 0 bridgehead atoms. The fourth-order valence-electron chi connectivity index (χ4n) is 2.85. The van der Waals surface area contributed by atoms with Crippen LogP contribution in [0.25, 0.3) is 0 Å². The third kappa shape index (κ3) is 3.53. The van der Waals surface area contributed by atoms with E-state index in [9.17, 15) is 9.50 Å². The molecule has 0 spiro atoms. The topological polar surface area (TPSA) is 23.5 Å². The number of aliphatic hydroxyl groups is 1. The SMILES string of the molecule is CN(CC1CCCC1)CC(O)c1ccccc1F. The van der Waals surface area contributed by atoms with E-state index >= 15 is 0 Å². The van der Waals surface area contributed by atoms with Crippen molar-refractivity contribution in [1.29, 1.82) is 0 Å². The second kappa shape index (κ2) is 6.30. The van der Waals surface area contributed by atoms with Crippen molar-refractivity contribution in [3.63, 3.8) is 0 Å². The molecule has 2 rings (SSSR count). The maximum atomic E-state index is 13.5. The van der Waals surface area contributed by atoms with Gasteiger partial charge in [-0.1, -0.05) is 31.0 Å². The van der Waals surface area contributed by atoms with Gasteiger partial charge in [-0.3, -0.25) is 0 Å². The number of aliphatic hydroxyl groups excluding tert-OH is 1. The van der Waals surface area contributed by atoms with E-state index in [1.165, 1.54) is 31.7 Å². The Bertz CT molecular complexity index is 377. The first kappa shape index (κ1) is 13.5. The van der Waals surface area contributed by atoms with Gasteiger partial charge in [-0.2, -0.15) is 0 Å². The van der Waals surface area contributed by atoms with Crippen LogP contribution in [-0.2, 0) is 0 Å². The van der Waals surface area contributed by atoms with Crippen molar-refractivity contribution in [3.8, 4) is 0 Å². The van der Waals surface area contributed by atoms with Crippen LogP contribution < -0.4 is 0 Å². The molecule has 1 N–H and O–H groups in total. The van der Waals surface area contributed by atoms with E-state index in [-0.39, 0.29) is 5.82 Å². The zero-order chi connectivity index (χ0) is 13.0. The summed E-state index contributed by atoms with van der Waals surface area (Å²) < 4.78 is 13.5. The molecule has 1 aromatic carbocycles. The minimum absolute atomic E-state index is 0.320. The maximum absolute atomic E-state index is 13.5. The van der Waals surface area contributed by atoms with Crippen LogP contribution in [0.2, 0.25) is 0 Å². The minimum Gasteiger partial charge on any atom is -0.387 e. The van der Waals surface area contributed by atoms with Crippen molar-refractivity contribution in [3.05, 3.63) is 35.6 Å². The zero-order valence-corrected chi connectivity index (χ0v) is 11.0. The molecule has 0 saturated heterocycles. The lowest BCUT2D eigenvalue weighted by Crippen LogP contribution is -2.29. The fraction of sp³-hybridized carbons (Fsp3) is 0.600. The Morgan fingerprint density at radius 2 is 2.00 bits per heavy atom. The Morgan fingerprint density at radius 1 is 1.33 bits per heavy atom. The molecular weight excluding hydrogens is 229 g/mol. The van der Waals surface area contributed by atoms with Gasteiger partial charge in [0.15, 0.2) is 0 Å².